The zero-order valence-corrected chi connectivity index (χ0v) is 12.6. The molecule has 0 saturated heterocycles. The average molecular weight is 347 g/mol. The Morgan fingerprint density at radius 1 is 1.05 bits per heavy atom. The summed E-state index contributed by atoms with van der Waals surface area (Å²) in [5.74, 6) is 0. The van der Waals surface area contributed by atoms with Crippen molar-refractivity contribution in [3.05, 3.63) is 46.7 Å². The molecule has 0 atom stereocenters. The van der Waals surface area contributed by atoms with Crippen LogP contribution in [0.2, 0.25) is 5.28 Å². The first-order chi connectivity index (χ1) is 9.95. The van der Waals surface area contributed by atoms with Crippen molar-refractivity contribution in [1.82, 2.24) is 9.97 Å². The van der Waals surface area contributed by atoms with Crippen molar-refractivity contribution in [1.29, 1.82) is 0 Å². The van der Waals surface area contributed by atoms with E-state index in [-0.39, 0.29) is 11.0 Å². The van der Waals surface area contributed by atoms with Gasteiger partial charge in [-0.05, 0) is 35.2 Å². The smallest absolute Gasteiger partial charge is 0.226 e. The molecule has 3 heterocycles. The molecule has 0 fully saturated rings. The van der Waals surface area contributed by atoms with Gasteiger partial charge in [0.2, 0.25) is 5.28 Å². The van der Waals surface area contributed by atoms with Crippen LogP contribution in [0.1, 0.15) is 5.56 Å². The van der Waals surface area contributed by atoms with E-state index in [1.165, 1.54) is 22.7 Å². The zero-order valence-electron chi connectivity index (χ0n) is 10.2. The van der Waals surface area contributed by atoms with Crippen molar-refractivity contribution in [3.63, 3.8) is 0 Å². The molecule has 0 aliphatic rings. The summed E-state index contributed by atoms with van der Waals surface area (Å²) >= 11 is 8.41. The van der Waals surface area contributed by atoms with Crippen molar-refractivity contribution in [2.45, 2.75) is 6.18 Å². The molecule has 21 heavy (non-hydrogen) atoms. The first-order valence-electron chi connectivity index (χ1n) is 5.69. The van der Waals surface area contributed by atoms with E-state index < -0.39 is 11.7 Å². The van der Waals surface area contributed by atoms with Gasteiger partial charge >= 0.3 is 6.18 Å². The lowest BCUT2D eigenvalue weighted by Gasteiger charge is -2.10. The summed E-state index contributed by atoms with van der Waals surface area (Å²) in [6, 6.07) is 7.20. The molecule has 0 aliphatic carbocycles. The van der Waals surface area contributed by atoms with Gasteiger partial charge in [-0.2, -0.15) is 13.2 Å². The molecule has 0 aliphatic heterocycles. The van der Waals surface area contributed by atoms with Gasteiger partial charge in [-0.1, -0.05) is 6.07 Å². The molecule has 0 unspecified atom stereocenters. The van der Waals surface area contributed by atoms with Crippen LogP contribution in [-0.4, -0.2) is 9.97 Å². The van der Waals surface area contributed by atoms with Crippen molar-refractivity contribution in [3.8, 4) is 20.3 Å². The number of alkyl halides is 3. The number of aromatic nitrogens is 2. The van der Waals surface area contributed by atoms with Crippen LogP contribution in [0, 0.1) is 0 Å². The minimum absolute atomic E-state index is 0.185. The predicted molar refractivity (Wildman–Crippen MR) is 78.7 cm³/mol. The van der Waals surface area contributed by atoms with Gasteiger partial charge in [0.25, 0.3) is 0 Å². The largest absolute Gasteiger partial charge is 0.420 e. The van der Waals surface area contributed by atoms with E-state index in [9.17, 15) is 13.2 Å². The summed E-state index contributed by atoms with van der Waals surface area (Å²) in [7, 11) is 0. The van der Waals surface area contributed by atoms with Gasteiger partial charge in [0, 0.05) is 16.0 Å². The highest BCUT2D eigenvalue weighted by Gasteiger charge is 2.35. The summed E-state index contributed by atoms with van der Waals surface area (Å²) in [5, 5.41) is 1.71. The zero-order chi connectivity index (χ0) is 15.0. The van der Waals surface area contributed by atoms with Gasteiger partial charge in [0.15, 0.2) is 0 Å². The summed E-state index contributed by atoms with van der Waals surface area (Å²) in [6.07, 6.45) is -3.80. The van der Waals surface area contributed by atoms with Gasteiger partial charge in [0.1, 0.15) is 5.56 Å². The number of halogens is 4. The Hall–Kier alpha value is -1.44. The number of thiophene rings is 2. The second-order valence-corrected chi connectivity index (χ2v) is 6.41. The molecular formula is C13H6ClF3N2S2. The maximum absolute atomic E-state index is 13.0. The predicted octanol–water partition coefficient (Wildman–Crippen LogP) is 5.61. The highest BCUT2D eigenvalue weighted by Crippen LogP contribution is 2.41. The molecule has 0 N–H and O–H groups in total. The molecule has 0 bridgehead atoms. The van der Waals surface area contributed by atoms with Crippen LogP contribution in [-0.2, 0) is 6.18 Å². The molecule has 0 amide bonds. The minimum atomic E-state index is -4.52. The quantitative estimate of drug-likeness (QED) is 0.564. The molecular weight excluding hydrogens is 341 g/mol. The van der Waals surface area contributed by atoms with E-state index >= 15 is 0 Å². The van der Waals surface area contributed by atoms with E-state index in [1.54, 1.807) is 12.1 Å². The van der Waals surface area contributed by atoms with E-state index in [4.69, 9.17) is 11.6 Å². The third-order valence-electron chi connectivity index (χ3n) is 2.67. The molecule has 3 aromatic rings. The Morgan fingerprint density at radius 2 is 1.81 bits per heavy atom. The van der Waals surface area contributed by atoms with E-state index in [2.05, 4.69) is 9.97 Å². The van der Waals surface area contributed by atoms with Crippen LogP contribution in [0.5, 0.6) is 0 Å². The molecule has 0 spiro atoms. The van der Waals surface area contributed by atoms with Gasteiger partial charge in [-0.15, -0.1) is 22.7 Å². The van der Waals surface area contributed by atoms with Crippen LogP contribution in [0.4, 0.5) is 13.2 Å². The van der Waals surface area contributed by atoms with Crippen molar-refractivity contribution in [2.75, 3.05) is 0 Å². The molecule has 0 radical (unpaired) electrons. The number of hydrogen-bond acceptors (Lipinski definition) is 4. The highest BCUT2D eigenvalue weighted by atomic mass is 35.5. The van der Waals surface area contributed by atoms with Crippen molar-refractivity contribution >= 4 is 34.3 Å². The fourth-order valence-electron chi connectivity index (χ4n) is 1.77. The SMILES string of the molecule is FC(F)(F)c1cnc(Cl)nc1-c1ccc(-c2cccs2)s1. The second kappa shape index (κ2) is 5.40. The fraction of sp³-hybridized carbons (Fsp3) is 0.0769. The van der Waals surface area contributed by atoms with Gasteiger partial charge < -0.3 is 0 Å². The maximum Gasteiger partial charge on any atom is 0.420 e. The van der Waals surface area contributed by atoms with Crippen molar-refractivity contribution in [2.24, 2.45) is 0 Å². The molecule has 108 valence electrons. The first kappa shape index (κ1) is 14.5. The summed E-state index contributed by atoms with van der Waals surface area (Å²) in [4.78, 5) is 9.49. The third kappa shape index (κ3) is 2.95. The second-order valence-electron chi connectivity index (χ2n) is 4.04. The highest BCUT2D eigenvalue weighted by molar-refractivity contribution is 7.23. The maximum atomic E-state index is 13.0. The van der Waals surface area contributed by atoms with Crippen LogP contribution in [0.25, 0.3) is 20.3 Å². The number of hydrogen-bond donors (Lipinski definition) is 0. The first-order valence-corrected chi connectivity index (χ1v) is 7.76. The number of rotatable bonds is 2. The van der Waals surface area contributed by atoms with E-state index in [1.807, 2.05) is 17.5 Å². The Balaban J connectivity index is 2.10. The minimum Gasteiger partial charge on any atom is -0.226 e. The Bertz CT molecular complexity index is 766. The third-order valence-corrected chi connectivity index (χ3v) is 5.01. The van der Waals surface area contributed by atoms with E-state index in [0.717, 1.165) is 16.0 Å². The monoisotopic (exact) mass is 346 g/mol. The van der Waals surface area contributed by atoms with Crippen LogP contribution < -0.4 is 0 Å². The average Bonchev–Trinajstić information content (AvgIpc) is 3.08. The summed E-state index contributed by atoms with van der Waals surface area (Å²) in [6.45, 7) is 0. The van der Waals surface area contributed by atoms with Crippen LogP contribution in [0.3, 0.4) is 0 Å². The molecule has 3 rings (SSSR count). The summed E-state index contributed by atoms with van der Waals surface area (Å²) < 4.78 is 39.1. The standard InChI is InChI=1S/C13H6ClF3N2S2/c14-12-18-6-7(13(15,16)17)11(19-12)10-4-3-9(21-10)8-2-1-5-20-8/h1-6H. The molecule has 8 heteroatoms. The molecule has 0 saturated carbocycles. The Kier molecular flexibility index (Phi) is 3.73. The van der Waals surface area contributed by atoms with Crippen LogP contribution >= 0.6 is 34.3 Å². The number of nitrogens with zero attached hydrogens (tertiary/aromatic N) is 2. The van der Waals surface area contributed by atoms with Gasteiger partial charge in [0.05, 0.1) is 10.6 Å². The lowest BCUT2D eigenvalue weighted by atomic mass is 10.2. The fourth-order valence-corrected chi connectivity index (χ4v) is 3.75. The molecule has 3 aromatic heterocycles. The molecule has 2 nitrogen and oxygen atoms in total. The topological polar surface area (TPSA) is 25.8 Å². The molecule has 0 aromatic carbocycles. The lowest BCUT2D eigenvalue weighted by molar-refractivity contribution is -0.137. The Labute approximate surface area is 130 Å². The van der Waals surface area contributed by atoms with Crippen LogP contribution in [0.15, 0.2) is 35.8 Å². The van der Waals surface area contributed by atoms with Crippen molar-refractivity contribution < 1.29 is 13.2 Å². The summed E-state index contributed by atoms with van der Waals surface area (Å²) in [5.41, 5.74) is -1.07. The van der Waals surface area contributed by atoms with Gasteiger partial charge in [-0.3, -0.25) is 0 Å². The van der Waals surface area contributed by atoms with E-state index in [0.29, 0.717) is 4.88 Å². The van der Waals surface area contributed by atoms with Gasteiger partial charge in [-0.25, -0.2) is 9.97 Å². The lowest BCUT2D eigenvalue weighted by Crippen LogP contribution is -2.09. The Morgan fingerprint density at radius 3 is 2.48 bits per heavy atom. The normalized spacial score (nSPS) is 11.8.